The number of rotatable bonds is 14. The van der Waals surface area contributed by atoms with Crippen molar-refractivity contribution in [1.82, 2.24) is 4.65 Å². The maximum atomic E-state index is 5.26. The molecular formula is C12H31NO6Si2. The van der Waals surface area contributed by atoms with Gasteiger partial charge in [-0.2, -0.15) is 0 Å². The van der Waals surface area contributed by atoms with Crippen LogP contribution in [0.15, 0.2) is 0 Å². The van der Waals surface area contributed by atoms with Crippen LogP contribution in [-0.4, -0.2) is 74.0 Å². The van der Waals surface area contributed by atoms with Crippen molar-refractivity contribution in [2.45, 2.75) is 36.9 Å². The molecule has 9 heteroatoms. The highest BCUT2D eigenvalue weighted by molar-refractivity contribution is 6.50. The van der Waals surface area contributed by atoms with Crippen molar-refractivity contribution < 1.29 is 28.4 Å². The van der Waals surface area contributed by atoms with Crippen LogP contribution in [0.25, 0.3) is 0 Å². The lowest BCUT2D eigenvalue weighted by molar-refractivity contribution is -0.353. The van der Waals surface area contributed by atoms with Crippen LogP contribution in [0.3, 0.4) is 0 Å². The summed E-state index contributed by atoms with van der Waals surface area (Å²) in [7, 11) is 8.90. The molecule has 0 spiro atoms. The molecule has 0 aromatic carbocycles. The molecule has 1 N–H and O–H groups in total. The Hall–Kier alpha value is 0.154. The molecule has 0 fully saturated rings. The van der Waals surface area contributed by atoms with Crippen LogP contribution in [0.5, 0.6) is 0 Å². The highest BCUT2D eigenvalue weighted by Crippen LogP contribution is 2.19. The number of methoxy groups -OCH3 is 6. The summed E-state index contributed by atoms with van der Waals surface area (Å²) >= 11 is 0. The zero-order valence-electron chi connectivity index (χ0n) is 14.2. The number of ether oxygens (including phenoxy) is 6. The molecule has 0 rings (SSSR count). The summed E-state index contributed by atoms with van der Waals surface area (Å²) in [5.41, 5.74) is 0. The normalized spacial score (nSPS) is 14.0. The van der Waals surface area contributed by atoms with E-state index >= 15 is 0 Å². The minimum absolute atomic E-state index is 0.330. The lowest BCUT2D eigenvalue weighted by Crippen LogP contribution is -2.38. The Labute approximate surface area is 132 Å². The van der Waals surface area contributed by atoms with Crippen LogP contribution < -0.4 is 4.65 Å². The van der Waals surface area contributed by atoms with Crippen molar-refractivity contribution in [3.8, 4) is 0 Å². The lowest BCUT2D eigenvalue weighted by atomic mass is 10.4. The first-order valence-electron chi connectivity index (χ1n) is 7.09. The third-order valence-electron chi connectivity index (χ3n) is 3.54. The Morgan fingerprint density at radius 3 is 1.14 bits per heavy atom. The number of nitrogens with one attached hydrogen (secondary N) is 1. The average molecular weight is 342 g/mol. The molecule has 0 aliphatic rings. The second kappa shape index (κ2) is 11.7. The van der Waals surface area contributed by atoms with E-state index in [-0.39, 0.29) is 19.4 Å². The van der Waals surface area contributed by atoms with Gasteiger partial charge in [-0.25, -0.2) is 0 Å². The third kappa shape index (κ3) is 7.30. The zero-order chi connectivity index (χ0) is 16.2. The van der Waals surface area contributed by atoms with Gasteiger partial charge in [0.25, 0.3) is 11.9 Å². The standard InChI is InChI=1S/C12H31NO6Si2/c1-14-11(15-2,16-3)7-9-20-13-21-10-8-12(17-4,18-5)19-6/h13H,7-10,20-21H2,1-6H3. The van der Waals surface area contributed by atoms with Gasteiger partial charge in [0, 0.05) is 55.5 Å². The van der Waals surface area contributed by atoms with Crippen LogP contribution in [0.1, 0.15) is 12.8 Å². The van der Waals surface area contributed by atoms with E-state index in [4.69, 9.17) is 28.4 Å². The number of hydrogen-bond donors (Lipinski definition) is 1. The quantitative estimate of drug-likeness (QED) is 0.261. The van der Waals surface area contributed by atoms with Crippen LogP contribution in [0, 0.1) is 0 Å². The highest BCUT2D eigenvalue weighted by atomic mass is 28.3. The maximum absolute atomic E-state index is 5.26. The van der Waals surface area contributed by atoms with Crippen molar-refractivity contribution in [2.24, 2.45) is 0 Å². The van der Waals surface area contributed by atoms with Gasteiger partial charge in [0.1, 0.15) is 0 Å². The molecular weight excluding hydrogens is 310 g/mol. The second-order valence-corrected chi connectivity index (χ2v) is 8.96. The molecule has 0 aliphatic heterocycles. The van der Waals surface area contributed by atoms with Gasteiger partial charge in [-0.05, 0) is 12.1 Å². The molecule has 0 atom stereocenters. The van der Waals surface area contributed by atoms with Crippen LogP contribution in [0.4, 0.5) is 0 Å². The topological polar surface area (TPSA) is 67.4 Å². The molecule has 0 saturated heterocycles. The minimum atomic E-state index is -0.895. The Bertz CT molecular complexity index is 211. The van der Waals surface area contributed by atoms with Gasteiger partial charge in [0.05, 0.1) is 19.4 Å². The van der Waals surface area contributed by atoms with Crippen molar-refractivity contribution in [3.05, 3.63) is 0 Å². The van der Waals surface area contributed by atoms with E-state index in [2.05, 4.69) is 4.65 Å². The summed E-state index contributed by atoms with van der Waals surface area (Å²) in [6.07, 6.45) is 1.48. The molecule has 0 bridgehead atoms. The Morgan fingerprint density at radius 2 is 0.905 bits per heavy atom. The lowest BCUT2D eigenvalue weighted by Gasteiger charge is -2.29. The van der Waals surface area contributed by atoms with Crippen LogP contribution in [-0.2, 0) is 28.4 Å². The molecule has 0 amide bonds. The van der Waals surface area contributed by atoms with E-state index in [0.29, 0.717) is 0 Å². The van der Waals surface area contributed by atoms with Crippen molar-refractivity contribution >= 4 is 19.4 Å². The van der Waals surface area contributed by atoms with Gasteiger partial charge in [-0.1, -0.05) is 0 Å². The SMILES string of the molecule is COC(CC[SiH2]N[SiH2]CCC(OC)(OC)OC)(OC)OC. The van der Waals surface area contributed by atoms with Gasteiger partial charge in [-0.3, -0.25) is 0 Å². The van der Waals surface area contributed by atoms with Gasteiger partial charge in [0.2, 0.25) is 0 Å². The van der Waals surface area contributed by atoms with Gasteiger partial charge in [-0.15, -0.1) is 0 Å². The summed E-state index contributed by atoms with van der Waals surface area (Å²) in [6.45, 7) is 0. The van der Waals surface area contributed by atoms with Crippen molar-refractivity contribution in [2.75, 3.05) is 42.7 Å². The summed E-state index contributed by atoms with van der Waals surface area (Å²) in [5, 5.41) is 0. The number of hydrogen-bond acceptors (Lipinski definition) is 7. The fraction of sp³-hybridized carbons (Fsp3) is 1.00. The van der Waals surface area contributed by atoms with E-state index < -0.39 is 11.9 Å². The van der Waals surface area contributed by atoms with Gasteiger partial charge < -0.3 is 33.1 Å². The monoisotopic (exact) mass is 341 g/mol. The van der Waals surface area contributed by atoms with Crippen molar-refractivity contribution in [1.29, 1.82) is 0 Å². The van der Waals surface area contributed by atoms with E-state index in [0.717, 1.165) is 24.9 Å². The molecule has 21 heavy (non-hydrogen) atoms. The third-order valence-corrected chi connectivity index (χ3v) is 7.78. The first-order valence-corrected chi connectivity index (χ1v) is 10.5. The zero-order valence-corrected chi connectivity index (χ0v) is 17.0. The molecule has 7 nitrogen and oxygen atoms in total. The van der Waals surface area contributed by atoms with Crippen molar-refractivity contribution in [3.63, 3.8) is 0 Å². The predicted molar refractivity (Wildman–Crippen MR) is 86.6 cm³/mol. The molecule has 0 aromatic heterocycles. The maximum Gasteiger partial charge on any atom is 0.281 e. The minimum Gasteiger partial charge on any atom is -0.369 e. The van der Waals surface area contributed by atoms with Crippen LogP contribution >= 0.6 is 0 Å². The van der Waals surface area contributed by atoms with Crippen LogP contribution in [0.2, 0.25) is 12.1 Å². The average Bonchev–Trinajstić information content (AvgIpc) is 2.55. The highest BCUT2D eigenvalue weighted by Gasteiger charge is 2.29. The molecule has 0 radical (unpaired) electrons. The molecule has 0 aliphatic carbocycles. The van der Waals surface area contributed by atoms with Gasteiger partial charge in [0.15, 0.2) is 0 Å². The summed E-state index contributed by atoms with van der Waals surface area (Å²) in [5.74, 6) is -1.79. The Kier molecular flexibility index (Phi) is 11.8. The fourth-order valence-corrected chi connectivity index (χ4v) is 6.32. The summed E-state index contributed by atoms with van der Waals surface area (Å²) < 4.78 is 35.2. The molecule has 0 saturated carbocycles. The first kappa shape index (κ1) is 21.2. The molecule has 0 aromatic rings. The Balaban J connectivity index is 3.78. The smallest absolute Gasteiger partial charge is 0.281 e. The van der Waals surface area contributed by atoms with E-state index in [9.17, 15) is 0 Å². The molecule has 0 unspecified atom stereocenters. The summed E-state index contributed by atoms with van der Waals surface area (Å²) in [4.78, 5) is 0. The molecule has 128 valence electrons. The Morgan fingerprint density at radius 1 is 0.619 bits per heavy atom. The summed E-state index contributed by atoms with van der Waals surface area (Å²) in [6, 6.07) is 2.10. The fourth-order valence-electron chi connectivity index (χ4n) is 2.10. The molecule has 0 heterocycles. The van der Waals surface area contributed by atoms with E-state index in [1.807, 2.05) is 0 Å². The first-order chi connectivity index (χ1) is 10.1. The predicted octanol–water partition coefficient (Wildman–Crippen LogP) is -0.454. The van der Waals surface area contributed by atoms with E-state index in [1.165, 1.54) is 0 Å². The van der Waals surface area contributed by atoms with Gasteiger partial charge >= 0.3 is 0 Å². The second-order valence-electron chi connectivity index (χ2n) is 4.55. The largest absolute Gasteiger partial charge is 0.369 e. The van der Waals surface area contributed by atoms with E-state index in [1.54, 1.807) is 42.7 Å².